The van der Waals surface area contributed by atoms with Crippen LogP contribution >= 0.6 is 0 Å². The van der Waals surface area contributed by atoms with Gasteiger partial charge in [0, 0.05) is 45.4 Å². The number of aliphatic imine (C=N–C) groups is 1. The highest BCUT2D eigenvalue weighted by atomic mass is 16.5. The van der Waals surface area contributed by atoms with Crippen molar-refractivity contribution < 1.29 is 9.47 Å². The summed E-state index contributed by atoms with van der Waals surface area (Å²) < 4.78 is 10.8. The Kier molecular flexibility index (Phi) is 7.37. The topological polar surface area (TPSA) is 49.3 Å². The summed E-state index contributed by atoms with van der Waals surface area (Å²) >= 11 is 0. The molecular weight excluding hydrogens is 316 g/mol. The van der Waals surface area contributed by atoms with Crippen molar-refractivity contribution in [3.63, 3.8) is 0 Å². The van der Waals surface area contributed by atoms with E-state index in [4.69, 9.17) is 9.47 Å². The first-order chi connectivity index (χ1) is 12.1. The van der Waals surface area contributed by atoms with E-state index in [9.17, 15) is 0 Å². The lowest BCUT2D eigenvalue weighted by atomic mass is 9.98. The molecule has 0 aromatic heterocycles. The van der Waals surface area contributed by atoms with E-state index < -0.39 is 0 Å². The molecular formula is C19H32N4O2. The minimum absolute atomic E-state index is 0.680. The van der Waals surface area contributed by atoms with Crippen molar-refractivity contribution in [3.8, 4) is 11.5 Å². The second-order valence-electron chi connectivity index (χ2n) is 6.73. The molecule has 1 aromatic rings. The monoisotopic (exact) mass is 348 g/mol. The molecule has 0 radical (unpaired) electrons. The number of methoxy groups -OCH3 is 2. The smallest absolute Gasteiger partial charge is 0.193 e. The van der Waals surface area contributed by atoms with Gasteiger partial charge in [0.2, 0.25) is 0 Å². The average molecular weight is 348 g/mol. The number of guanidine groups is 1. The second-order valence-corrected chi connectivity index (χ2v) is 6.73. The van der Waals surface area contributed by atoms with Crippen molar-refractivity contribution in [3.05, 3.63) is 23.8 Å². The molecule has 0 saturated carbocycles. The molecule has 25 heavy (non-hydrogen) atoms. The van der Waals surface area contributed by atoms with Gasteiger partial charge in [-0.3, -0.25) is 4.99 Å². The predicted octanol–water partition coefficient (Wildman–Crippen LogP) is 2.05. The van der Waals surface area contributed by atoms with Gasteiger partial charge in [-0.2, -0.15) is 0 Å². The number of nitrogens with one attached hydrogen (secondary N) is 1. The summed E-state index contributed by atoms with van der Waals surface area (Å²) in [5.74, 6) is 3.22. The van der Waals surface area contributed by atoms with E-state index in [1.165, 1.54) is 19.4 Å². The molecule has 1 aromatic carbocycles. The van der Waals surface area contributed by atoms with Crippen LogP contribution in [-0.2, 0) is 6.54 Å². The highest BCUT2D eigenvalue weighted by molar-refractivity contribution is 5.79. The maximum Gasteiger partial charge on any atom is 0.193 e. The molecule has 1 aliphatic heterocycles. The Hall–Kier alpha value is -1.95. The van der Waals surface area contributed by atoms with E-state index in [1.807, 2.05) is 32.3 Å². The summed E-state index contributed by atoms with van der Waals surface area (Å²) in [4.78, 5) is 8.96. The van der Waals surface area contributed by atoms with Gasteiger partial charge in [-0.25, -0.2) is 0 Å². The van der Waals surface area contributed by atoms with Gasteiger partial charge in [0.1, 0.15) is 11.5 Å². The molecule has 0 amide bonds. The zero-order valence-corrected chi connectivity index (χ0v) is 16.2. The number of ether oxygens (including phenoxy) is 2. The van der Waals surface area contributed by atoms with Crippen LogP contribution in [0, 0.1) is 5.92 Å². The first-order valence-electron chi connectivity index (χ1n) is 8.88. The van der Waals surface area contributed by atoms with Gasteiger partial charge in [0.25, 0.3) is 0 Å². The van der Waals surface area contributed by atoms with Crippen LogP contribution in [0.25, 0.3) is 0 Å². The number of likely N-dealkylation sites (tertiary alicyclic amines) is 1. The van der Waals surface area contributed by atoms with Gasteiger partial charge in [0.15, 0.2) is 5.96 Å². The first kappa shape index (κ1) is 19.4. The third kappa shape index (κ3) is 5.53. The Morgan fingerprint density at radius 3 is 2.80 bits per heavy atom. The van der Waals surface area contributed by atoms with Crippen molar-refractivity contribution in [2.45, 2.75) is 19.4 Å². The molecule has 2 rings (SSSR count). The molecule has 1 atom stereocenters. The molecule has 1 fully saturated rings. The lowest BCUT2D eigenvalue weighted by Gasteiger charge is -2.31. The number of rotatable bonds is 6. The summed E-state index contributed by atoms with van der Waals surface area (Å²) in [6.07, 6.45) is 2.56. The summed E-state index contributed by atoms with van der Waals surface area (Å²) in [5, 5.41) is 3.52. The van der Waals surface area contributed by atoms with Crippen molar-refractivity contribution in [1.29, 1.82) is 0 Å². The molecule has 140 valence electrons. The van der Waals surface area contributed by atoms with Gasteiger partial charge in [-0.1, -0.05) is 0 Å². The largest absolute Gasteiger partial charge is 0.497 e. The maximum atomic E-state index is 5.50. The molecule has 1 heterocycles. The summed E-state index contributed by atoms with van der Waals surface area (Å²) in [7, 11) is 9.42. The van der Waals surface area contributed by atoms with E-state index in [0.717, 1.165) is 42.7 Å². The van der Waals surface area contributed by atoms with Crippen LogP contribution in [0.15, 0.2) is 23.2 Å². The van der Waals surface area contributed by atoms with E-state index in [2.05, 4.69) is 27.2 Å². The maximum absolute atomic E-state index is 5.50. The van der Waals surface area contributed by atoms with E-state index >= 15 is 0 Å². The van der Waals surface area contributed by atoms with Crippen LogP contribution in [-0.4, -0.2) is 70.8 Å². The molecule has 1 N–H and O–H groups in total. The molecule has 1 aliphatic rings. The van der Waals surface area contributed by atoms with Crippen LogP contribution in [0.3, 0.4) is 0 Å². The average Bonchev–Trinajstić information content (AvgIpc) is 2.62. The van der Waals surface area contributed by atoms with E-state index in [0.29, 0.717) is 5.92 Å². The standard InChI is InChI=1S/C19H32N4O2/c1-20-19(21-12-15-7-6-10-22(2)13-15)23(3)14-16-8-9-17(24-4)11-18(16)25-5/h8-9,11,15H,6-7,10,12-14H2,1-5H3,(H,20,21). The second kappa shape index (κ2) is 9.51. The fourth-order valence-corrected chi connectivity index (χ4v) is 3.37. The molecule has 0 bridgehead atoms. The minimum Gasteiger partial charge on any atom is -0.497 e. The quantitative estimate of drug-likeness (QED) is 0.630. The number of hydrogen-bond donors (Lipinski definition) is 1. The van der Waals surface area contributed by atoms with Gasteiger partial charge in [-0.05, 0) is 44.5 Å². The number of nitrogens with zero attached hydrogens (tertiary/aromatic N) is 3. The van der Waals surface area contributed by atoms with E-state index in [1.54, 1.807) is 14.2 Å². The van der Waals surface area contributed by atoms with Crippen LogP contribution in [0.5, 0.6) is 11.5 Å². The predicted molar refractivity (Wildman–Crippen MR) is 103 cm³/mol. The van der Waals surface area contributed by atoms with Crippen LogP contribution in [0.2, 0.25) is 0 Å². The lowest BCUT2D eigenvalue weighted by Crippen LogP contribution is -2.44. The molecule has 0 spiro atoms. The Morgan fingerprint density at radius 2 is 2.16 bits per heavy atom. The molecule has 6 nitrogen and oxygen atoms in total. The van der Waals surface area contributed by atoms with E-state index in [-0.39, 0.29) is 0 Å². The van der Waals surface area contributed by atoms with Gasteiger partial charge >= 0.3 is 0 Å². The van der Waals surface area contributed by atoms with Crippen molar-refractivity contribution in [1.82, 2.24) is 15.1 Å². The third-order valence-corrected chi connectivity index (χ3v) is 4.75. The zero-order chi connectivity index (χ0) is 18.2. The molecule has 0 aliphatic carbocycles. The Balaban J connectivity index is 1.94. The first-order valence-corrected chi connectivity index (χ1v) is 8.88. The normalized spacial score (nSPS) is 18.8. The Bertz CT molecular complexity index is 577. The van der Waals surface area contributed by atoms with Gasteiger partial charge in [-0.15, -0.1) is 0 Å². The van der Waals surface area contributed by atoms with Crippen molar-refractivity contribution >= 4 is 5.96 Å². The third-order valence-electron chi connectivity index (χ3n) is 4.75. The lowest BCUT2D eigenvalue weighted by molar-refractivity contribution is 0.209. The summed E-state index contributed by atoms with van der Waals surface area (Å²) in [5.41, 5.74) is 1.10. The van der Waals surface area contributed by atoms with Crippen LogP contribution in [0.1, 0.15) is 18.4 Å². The van der Waals surface area contributed by atoms with Crippen molar-refractivity contribution in [2.75, 3.05) is 55.0 Å². The van der Waals surface area contributed by atoms with Crippen molar-refractivity contribution in [2.24, 2.45) is 10.9 Å². The SMILES string of the molecule is CN=C(NCC1CCCN(C)C1)N(C)Cc1ccc(OC)cc1OC. The summed E-state index contributed by atoms with van der Waals surface area (Å²) in [6.45, 7) is 4.04. The molecule has 6 heteroatoms. The number of benzene rings is 1. The number of hydrogen-bond acceptors (Lipinski definition) is 4. The zero-order valence-electron chi connectivity index (χ0n) is 16.2. The van der Waals surface area contributed by atoms with Gasteiger partial charge in [0.05, 0.1) is 14.2 Å². The van der Waals surface area contributed by atoms with Gasteiger partial charge < -0.3 is 24.6 Å². The fourth-order valence-electron chi connectivity index (χ4n) is 3.37. The highest BCUT2D eigenvalue weighted by Gasteiger charge is 2.18. The minimum atomic E-state index is 0.680. The number of piperidine rings is 1. The van der Waals surface area contributed by atoms with Crippen LogP contribution in [0.4, 0.5) is 0 Å². The molecule has 1 unspecified atom stereocenters. The van der Waals surface area contributed by atoms with Crippen LogP contribution < -0.4 is 14.8 Å². The molecule has 1 saturated heterocycles. The summed E-state index contributed by atoms with van der Waals surface area (Å²) in [6, 6.07) is 5.91. The highest BCUT2D eigenvalue weighted by Crippen LogP contribution is 2.25. The Morgan fingerprint density at radius 1 is 1.36 bits per heavy atom. The fraction of sp³-hybridized carbons (Fsp3) is 0.632. The Labute approximate surface area is 151 Å².